The number of carbonyl (C=O) groups excluding carboxylic acids is 2. The van der Waals surface area contributed by atoms with E-state index in [2.05, 4.69) is 23.8 Å². The van der Waals surface area contributed by atoms with Crippen LogP contribution in [0, 0.1) is 34.5 Å². The van der Waals surface area contributed by atoms with Crippen LogP contribution < -0.4 is 0 Å². The molecule has 33 heavy (non-hydrogen) atoms. The maximum atomic E-state index is 13.4. The van der Waals surface area contributed by atoms with Crippen LogP contribution in [0.2, 0.25) is 0 Å². The summed E-state index contributed by atoms with van der Waals surface area (Å²) in [6, 6.07) is 1.73. The number of aliphatic hydroxyl groups is 2. The Morgan fingerprint density at radius 2 is 2.00 bits per heavy atom. The van der Waals surface area contributed by atoms with Crippen molar-refractivity contribution in [2.24, 2.45) is 34.5 Å². The van der Waals surface area contributed by atoms with E-state index in [1.807, 2.05) is 13.0 Å². The number of thioether (sulfide) groups is 1. The average Bonchev–Trinajstić information content (AvgIpc) is 3.05. The van der Waals surface area contributed by atoms with Crippen molar-refractivity contribution in [1.29, 1.82) is 0 Å². The highest BCUT2D eigenvalue weighted by atomic mass is 32.2. The Hall–Kier alpha value is -1.83. The van der Waals surface area contributed by atoms with E-state index in [9.17, 15) is 19.8 Å². The molecule has 0 spiro atoms. The number of Topliss-reactive ketones (excluding diaryl/α,β-unsaturated/α-hetero) is 1. The Kier molecular flexibility index (Phi) is 5.46. The van der Waals surface area contributed by atoms with Crippen LogP contribution in [0.1, 0.15) is 46.5 Å². The molecule has 8 atom stereocenters. The van der Waals surface area contributed by atoms with Gasteiger partial charge in [0.2, 0.25) is 0 Å². The molecule has 7 heteroatoms. The number of aromatic nitrogens is 2. The van der Waals surface area contributed by atoms with Gasteiger partial charge in [0.25, 0.3) is 0 Å². The molecule has 3 saturated carbocycles. The van der Waals surface area contributed by atoms with Crippen LogP contribution in [0.4, 0.5) is 0 Å². The highest BCUT2D eigenvalue weighted by Gasteiger charge is 2.68. The standard InChI is InChI=1S/C26H32N2O4S/c1-15-11-17-18-6-8-26(32,21(31)14-33-23-27-9-4-10-28-23)25(18,3)13-20(30)22(17)24(2)7-5-16(29)12-19(15)24/h4-5,7,9-10,12,15,17-18,20,22,30,32H,6,8,11,13-14H2,1-3H3/t15-,17?,18?,20-,22?,24?,25?,26-/m0/s1. The number of fused-ring (bicyclic) bond motifs is 5. The van der Waals surface area contributed by atoms with E-state index in [-0.39, 0.29) is 46.4 Å². The summed E-state index contributed by atoms with van der Waals surface area (Å²) < 4.78 is 0. The van der Waals surface area contributed by atoms with Gasteiger partial charge in [-0.2, -0.15) is 0 Å². The van der Waals surface area contributed by atoms with E-state index in [0.717, 1.165) is 18.4 Å². The van der Waals surface area contributed by atoms with Crippen LogP contribution in [0.15, 0.2) is 47.4 Å². The van der Waals surface area contributed by atoms with Crippen molar-refractivity contribution in [3.63, 3.8) is 0 Å². The second-order valence-corrected chi connectivity index (χ2v) is 11.8. The SMILES string of the molecule is C[C@H]1CC2C([C@@H](O)CC3(C)C2CC[C@]3(O)C(=O)CSc2ncccn2)C2(C)C=CC(=O)C=C12. The maximum Gasteiger partial charge on any atom is 0.187 e. The second-order valence-electron chi connectivity index (χ2n) is 10.9. The van der Waals surface area contributed by atoms with E-state index in [0.29, 0.717) is 18.0 Å². The van der Waals surface area contributed by atoms with E-state index >= 15 is 0 Å². The first-order chi connectivity index (χ1) is 15.6. The van der Waals surface area contributed by atoms with Gasteiger partial charge in [-0.1, -0.05) is 44.2 Å². The fourth-order valence-electron chi connectivity index (χ4n) is 7.82. The van der Waals surface area contributed by atoms with Crippen molar-refractivity contribution < 1.29 is 19.8 Å². The van der Waals surface area contributed by atoms with Gasteiger partial charge in [-0.05, 0) is 61.7 Å². The fourth-order valence-corrected chi connectivity index (χ4v) is 8.59. The number of hydrogen-bond acceptors (Lipinski definition) is 7. The fraction of sp³-hybridized carbons (Fsp3) is 0.615. The van der Waals surface area contributed by atoms with Gasteiger partial charge in [-0.25, -0.2) is 9.97 Å². The smallest absolute Gasteiger partial charge is 0.187 e. The third kappa shape index (κ3) is 3.30. The molecule has 6 nitrogen and oxygen atoms in total. The van der Waals surface area contributed by atoms with Gasteiger partial charge in [0.05, 0.1) is 11.9 Å². The highest BCUT2D eigenvalue weighted by molar-refractivity contribution is 7.99. The van der Waals surface area contributed by atoms with Gasteiger partial charge >= 0.3 is 0 Å². The predicted molar refractivity (Wildman–Crippen MR) is 125 cm³/mol. The minimum atomic E-state index is -1.47. The number of allylic oxidation sites excluding steroid dienone is 4. The van der Waals surface area contributed by atoms with Crippen LogP contribution in [0.5, 0.6) is 0 Å². The number of hydrogen-bond donors (Lipinski definition) is 2. The monoisotopic (exact) mass is 468 g/mol. The number of rotatable bonds is 4. The zero-order valence-corrected chi connectivity index (χ0v) is 20.2. The largest absolute Gasteiger partial charge is 0.393 e. The minimum absolute atomic E-state index is 0.0173. The molecule has 1 aromatic heterocycles. The van der Waals surface area contributed by atoms with Crippen LogP contribution in [0.25, 0.3) is 0 Å². The van der Waals surface area contributed by atoms with Crippen LogP contribution in [0.3, 0.4) is 0 Å². The molecule has 2 N–H and O–H groups in total. The van der Waals surface area contributed by atoms with Crippen molar-refractivity contribution in [2.45, 2.75) is 63.3 Å². The topological polar surface area (TPSA) is 100 Å². The third-order valence-electron chi connectivity index (χ3n) is 9.30. The van der Waals surface area contributed by atoms with Gasteiger partial charge in [-0.3, -0.25) is 9.59 Å². The quantitative estimate of drug-likeness (QED) is 0.516. The molecule has 0 amide bonds. The van der Waals surface area contributed by atoms with Crippen LogP contribution in [-0.2, 0) is 9.59 Å². The molecule has 1 aromatic rings. The minimum Gasteiger partial charge on any atom is -0.393 e. The summed E-state index contributed by atoms with van der Waals surface area (Å²) in [6.07, 6.45) is 10.4. The molecular formula is C26H32N2O4S. The molecule has 1 heterocycles. The van der Waals surface area contributed by atoms with E-state index in [4.69, 9.17) is 0 Å². The van der Waals surface area contributed by atoms with E-state index < -0.39 is 17.1 Å². The number of aliphatic hydroxyl groups excluding tert-OH is 1. The van der Waals surface area contributed by atoms with E-state index in [1.54, 1.807) is 30.6 Å². The normalized spacial score (nSPS) is 44.0. The van der Waals surface area contributed by atoms with Crippen LogP contribution >= 0.6 is 11.8 Å². The molecule has 0 aliphatic heterocycles. The van der Waals surface area contributed by atoms with Crippen molar-refractivity contribution in [2.75, 3.05) is 5.75 Å². The lowest BCUT2D eigenvalue weighted by molar-refractivity contribution is -0.176. The van der Waals surface area contributed by atoms with Gasteiger partial charge in [0.15, 0.2) is 16.7 Å². The first-order valence-corrected chi connectivity index (χ1v) is 12.9. The van der Waals surface area contributed by atoms with Gasteiger partial charge < -0.3 is 10.2 Å². The lowest BCUT2D eigenvalue weighted by Gasteiger charge is -2.60. The van der Waals surface area contributed by atoms with Crippen molar-refractivity contribution >= 4 is 23.3 Å². The molecule has 5 rings (SSSR count). The average molecular weight is 469 g/mol. The van der Waals surface area contributed by atoms with Gasteiger partial charge in [0, 0.05) is 29.1 Å². The van der Waals surface area contributed by atoms with Crippen molar-refractivity contribution in [1.82, 2.24) is 9.97 Å². The van der Waals surface area contributed by atoms with Crippen LogP contribution in [-0.4, -0.2) is 49.2 Å². The molecular weight excluding hydrogens is 436 g/mol. The number of nitrogens with zero attached hydrogens (tertiary/aromatic N) is 2. The summed E-state index contributed by atoms with van der Waals surface area (Å²) in [4.78, 5) is 33.8. The lowest BCUT2D eigenvalue weighted by Crippen LogP contribution is -2.62. The molecule has 3 fully saturated rings. The zero-order valence-electron chi connectivity index (χ0n) is 19.4. The van der Waals surface area contributed by atoms with Gasteiger partial charge in [0.1, 0.15) is 5.60 Å². The molecule has 176 valence electrons. The van der Waals surface area contributed by atoms with E-state index in [1.165, 1.54) is 11.8 Å². The first kappa shape index (κ1) is 22.9. The summed E-state index contributed by atoms with van der Waals surface area (Å²) in [6.45, 7) is 6.31. The Bertz CT molecular complexity index is 1040. The summed E-state index contributed by atoms with van der Waals surface area (Å²) in [5, 5.41) is 23.8. The summed E-state index contributed by atoms with van der Waals surface area (Å²) in [5.41, 5.74) is -1.41. The highest BCUT2D eigenvalue weighted by Crippen LogP contribution is 2.67. The first-order valence-electron chi connectivity index (χ1n) is 11.9. The third-order valence-corrected chi connectivity index (χ3v) is 10.2. The Labute approximate surface area is 199 Å². The molecule has 0 radical (unpaired) electrons. The predicted octanol–water partition coefficient (Wildman–Crippen LogP) is 3.39. The summed E-state index contributed by atoms with van der Waals surface area (Å²) >= 11 is 1.25. The molecule has 4 aliphatic rings. The molecule has 0 bridgehead atoms. The van der Waals surface area contributed by atoms with Crippen molar-refractivity contribution in [3.8, 4) is 0 Å². The Morgan fingerprint density at radius 1 is 1.27 bits per heavy atom. The summed E-state index contributed by atoms with van der Waals surface area (Å²) in [7, 11) is 0. The summed E-state index contributed by atoms with van der Waals surface area (Å²) in [5.74, 6) is 0.448. The second kappa shape index (κ2) is 7.85. The zero-order chi connectivity index (χ0) is 23.6. The molecule has 4 aliphatic carbocycles. The molecule has 5 unspecified atom stereocenters. The van der Waals surface area contributed by atoms with Crippen molar-refractivity contribution in [3.05, 3.63) is 42.3 Å². The number of carbonyl (C=O) groups is 2. The Balaban J connectivity index is 1.44. The maximum absolute atomic E-state index is 13.4. The number of ketones is 2. The lowest BCUT2D eigenvalue weighted by atomic mass is 9.45. The molecule has 0 aromatic carbocycles. The van der Waals surface area contributed by atoms with Gasteiger partial charge in [-0.15, -0.1) is 0 Å². The molecule has 0 saturated heterocycles. The Morgan fingerprint density at radius 3 is 2.73 bits per heavy atom.